The summed E-state index contributed by atoms with van der Waals surface area (Å²) in [6.45, 7) is 6.66. The Labute approximate surface area is 188 Å². The number of hydrogen-bond donors (Lipinski definition) is 6. The Bertz CT molecular complexity index is 602. The van der Waals surface area contributed by atoms with Crippen LogP contribution in [0.5, 0.6) is 0 Å². The molecule has 0 aliphatic heterocycles. The zero-order valence-electron chi connectivity index (χ0n) is 19.0. The third-order valence-electron chi connectivity index (χ3n) is 4.45. The largest absolute Gasteiger partial charge is 0.480 e. The van der Waals surface area contributed by atoms with Crippen LogP contribution in [0.1, 0.15) is 47.0 Å². The van der Waals surface area contributed by atoms with Crippen molar-refractivity contribution >= 4 is 35.5 Å². The Hall–Kier alpha value is -1.85. The van der Waals surface area contributed by atoms with Crippen molar-refractivity contribution < 1.29 is 29.4 Å². The van der Waals surface area contributed by atoms with E-state index >= 15 is 0 Å². The van der Waals surface area contributed by atoms with Gasteiger partial charge in [0.15, 0.2) is 0 Å². The van der Waals surface area contributed by atoms with E-state index in [1.807, 2.05) is 34.0 Å². The molecule has 0 aliphatic rings. The number of nitrogens with two attached hydrogens (primary N) is 1. The number of aliphatic hydroxyl groups is 1. The number of carboxylic acid groups (broad SMARTS) is 1. The zero-order chi connectivity index (χ0) is 24.1. The second-order valence-corrected chi connectivity index (χ2v) is 9.34. The van der Waals surface area contributed by atoms with Gasteiger partial charge in [0.25, 0.3) is 0 Å². The van der Waals surface area contributed by atoms with E-state index in [0.29, 0.717) is 18.6 Å². The average molecular weight is 463 g/mol. The van der Waals surface area contributed by atoms with Crippen LogP contribution in [0.25, 0.3) is 0 Å². The number of carboxylic acids is 1. The molecule has 0 aromatic rings. The molecule has 0 saturated carbocycles. The molecule has 10 nitrogen and oxygen atoms in total. The van der Waals surface area contributed by atoms with Gasteiger partial charge in [-0.1, -0.05) is 27.7 Å². The first-order chi connectivity index (χ1) is 14.4. The number of carbonyl (C=O) groups excluding carboxylic acids is 3. The summed E-state index contributed by atoms with van der Waals surface area (Å²) >= 11 is 1.55. The van der Waals surface area contributed by atoms with Crippen molar-refractivity contribution in [3.05, 3.63) is 0 Å². The molecule has 11 heteroatoms. The van der Waals surface area contributed by atoms with E-state index in [-0.39, 0.29) is 18.3 Å². The second-order valence-electron chi connectivity index (χ2n) is 8.35. The summed E-state index contributed by atoms with van der Waals surface area (Å²) in [6, 6.07) is -4.20. The number of nitrogens with one attached hydrogen (secondary N) is 3. The predicted molar refractivity (Wildman–Crippen MR) is 120 cm³/mol. The third kappa shape index (κ3) is 11.9. The second kappa shape index (κ2) is 15.0. The number of amides is 3. The van der Waals surface area contributed by atoms with Crippen molar-refractivity contribution in [3.63, 3.8) is 0 Å². The van der Waals surface area contributed by atoms with E-state index in [4.69, 9.17) is 5.73 Å². The molecule has 4 unspecified atom stereocenters. The molecule has 3 amide bonds. The van der Waals surface area contributed by atoms with Crippen LogP contribution in [0, 0.1) is 11.8 Å². The van der Waals surface area contributed by atoms with E-state index in [1.165, 1.54) is 0 Å². The molecule has 0 rings (SSSR count). The molecule has 0 fully saturated rings. The molecule has 180 valence electrons. The number of hydrogen-bond acceptors (Lipinski definition) is 7. The molecule has 0 bridgehead atoms. The first-order valence-electron chi connectivity index (χ1n) is 10.4. The smallest absolute Gasteiger partial charge is 0.326 e. The van der Waals surface area contributed by atoms with Crippen molar-refractivity contribution in [2.24, 2.45) is 17.6 Å². The van der Waals surface area contributed by atoms with Crippen LogP contribution in [0.15, 0.2) is 0 Å². The van der Waals surface area contributed by atoms with Gasteiger partial charge in [-0.05, 0) is 43.1 Å². The van der Waals surface area contributed by atoms with Crippen LogP contribution in [0.2, 0.25) is 0 Å². The van der Waals surface area contributed by atoms with Gasteiger partial charge in [0.2, 0.25) is 17.7 Å². The maximum absolute atomic E-state index is 12.7. The van der Waals surface area contributed by atoms with E-state index in [0.717, 1.165) is 0 Å². The first kappa shape index (κ1) is 29.1. The molecular formula is C20H38N4O6S. The van der Waals surface area contributed by atoms with E-state index in [9.17, 15) is 29.4 Å². The lowest BCUT2D eigenvalue weighted by Gasteiger charge is -2.25. The molecule has 0 aromatic heterocycles. The van der Waals surface area contributed by atoms with Crippen LogP contribution in [-0.4, -0.2) is 76.7 Å². The highest BCUT2D eigenvalue weighted by Gasteiger charge is 2.30. The van der Waals surface area contributed by atoms with Gasteiger partial charge in [0, 0.05) is 0 Å². The van der Waals surface area contributed by atoms with Crippen LogP contribution in [0.3, 0.4) is 0 Å². The first-order valence-corrected chi connectivity index (χ1v) is 11.8. The molecule has 0 heterocycles. The fourth-order valence-corrected chi connectivity index (χ4v) is 3.28. The van der Waals surface area contributed by atoms with Crippen molar-refractivity contribution in [1.82, 2.24) is 16.0 Å². The summed E-state index contributed by atoms with van der Waals surface area (Å²) in [5.74, 6) is -2.35. The minimum atomic E-state index is -1.35. The molecule has 0 aromatic carbocycles. The summed E-state index contributed by atoms with van der Waals surface area (Å²) < 4.78 is 0. The van der Waals surface area contributed by atoms with Crippen molar-refractivity contribution in [3.8, 4) is 0 Å². The van der Waals surface area contributed by atoms with Gasteiger partial charge in [-0.3, -0.25) is 14.4 Å². The number of carbonyl (C=O) groups is 4. The van der Waals surface area contributed by atoms with E-state index in [2.05, 4.69) is 16.0 Å². The Balaban J connectivity index is 5.19. The minimum Gasteiger partial charge on any atom is -0.480 e. The lowest BCUT2D eigenvalue weighted by atomic mass is 10.0. The van der Waals surface area contributed by atoms with Crippen LogP contribution in [0.4, 0.5) is 0 Å². The van der Waals surface area contributed by atoms with Crippen LogP contribution in [-0.2, 0) is 19.2 Å². The lowest BCUT2D eigenvalue weighted by molar-refractivity contribution is -0.143. The van der Waals surface area contributed by atoms with Gasteiger partial charge in [-0.25, -0.2) is 4.79 Å². The molecule has 0 radical (unpaired) electrons. The number of aliphatic carboxylic acids is 1. The highest BCUT2D eigenvalue weighted by Crippen LogP contribution is 2.08. The molecule has 0 saturated heterocycles. The van der Waals surface area contributed by atoms with Crippen molar-refractivity contribution in [1.29, 1.82) is 0 Å². The third-order valence-corrected chi connectivity index (χ3v) is 5.09. The molecule has 31 heavy (non-hydrogen) atoms. The predicted octanol–water partition coefficient (Wildman–Crippen LogP) is -0.310. The summed E-state index contributed by atoms with van der Waals surface area (Å²) in [4.78, 5) is 48.9. The fourth-order valence-electron chi connectivity index (χ4n) is 2.79. The molecule has 0 aliphatic carbocycles. The number of thioether (sulfide) groups is 1. The summed E-state index contributed by atoms with van der Waals surface area (Å²) in [5, 5.41) is 26.2. The zero-order valence-corrected chi connectivity index (χ0v) is 19.8. The summed E-state index contributed by atoms with van der Waals surface area (Å²) in [6.07, 6.45) is 2.86. The van der Waals surface area contributed by atoms with Gasteiger partial charge in [-0.2, -0.15) is 11.8 Å². The van der Waals surface area contributed by atoms with Gasteiger partial charge in [0.05, 0.1) is 12.6 Å². The lowest BCUT2D eigenvalue weighted by Crippen LogP contribution is -2.58. The SMILES string of the molecule is CSCCC(N)C(=O)NC(CC(C)C)C(=O)NC(CO)C(=O)NC(CC(C)C)C(=O)O. The molecule has 0 spiro atoms. The molecule has 4 atom stereocenters. The fraction of sp³-hybridized carbons (Fsp3) is 0.800. The quantitative estimate of drug-likeness (QED) is 0.192. The highest BCUT2D eigenvalue weighted by atomic mass is 32.2. The monoisotopic (exact) mass is 462 g/mol. The highest BCUT2D eigenvalue weighted by molar-refractivity contribution is 7.98. The van der Waals surface area contributed by atoms with Crippen molar-refractivity contribution in [2.45, 2.75) is 71.1 Å². The van der Waals surface area contributed by atoms with Crippen molar-refractivity contribution in [2.75, 3.05) is 18.6 Å². The minimum absolute atomic E-state index is 0.0181. The standard InChI is InChI=1S/C20H38N4O6S/c1-11(2)8-14(22-17(26)13(21)6-7-31-5)18(27)24-16(10-25)19(28)23-15(20(29)30)9-12(3)4/h11-16,25H,6-10,21H2,1-5H3,(H,22,26)(H,23,28)(H,24,27)(H,29,30). The van der Waals surface area contributed by atoms with E-state index < -0.39 is 54.5 Å². The van der Waals surface area contributed by atoms with E-state index in [1.54, 1.807) is 11.8 Å². The Kier molecular flexibility index (Phi) is 14.1. The summed E-state index contributed by atoms with van der Waals surface area (Å²) in [7, 11) is 0. The van der Waals surface area contributed by atoms with Gasteiger partial charge >= 0.3 is 5.97 Å². The molecular weight excluding hydrogens is 424 g/mol. The topological polar surface area (TPSA) is 171 Å². The van der Waals surface area contributed by atoms with Crippen LogP contribution >= 0.6 is 11.8 Å². The Morgan fingerprint density at radius 2 is 1.29 bits per heavy atom. The Morgan fingerprint density at radius 1 is 0.839 bits per heavy atom. The Morgan fingerprint density at radius 3 is 1.74 bits per heavy atom. The molecule has 7 N–H and O–H groups in total. The number of aliphatic hydroxyl groups excluding tert-OH is 1. The van der Waals surface area contributed by atoms with Gasteiger partial charge in [0.1, 0.15) is 18.1 Å². The maximum Gasteiger partial charge on any atom is 0.326 e. The van der Waals surface area contributed by atoms with Gasteiger partial charge in [-0.15, -0.1) is 0 Å². The number of rotatable bonds is 15. The maximum atomic E-state index is 12.7. The van der Waals surface area contributed by atoms with Crippen LogP contribution < -0.4 is 21.7 Å². The summed E-state index contributed by atoms with van der Waals surface area (Å²) in [5.41, 5.74) is 5.86. The normalized spacial score (nSPS) is 15.1. The average Bonchev–Trinajstić information content (AvgIpc) is 2.67. The van der Waals surface area contributed by atoms with Gasteiger partial charge < -0.3 is 31.9 Å².